The molecule has 0 spiro atoms. The van der Waals surface area contributed by atoms with E-state index in [1.165, 1.54) is 0 Å². The fraction of sp³-hybridized carbons (Fsp3) is 0. The number of hydrogen-bond acceptors (Lipinski definition) is 0. The summed E-state index contributed by atoms with van der Waals surface area (Å²) in [5.41, 5.74) is 0. The number of rotatable bonds is 2. The van der Waals surface area contributed by atoms with Crippen LogP contribution in [0.25, 0.3) is 0 Å². The predicted molar refractivity (Wildman–Crippen MR) is 79.6 cm³/mol. The third kappa shape index (κ3) is 3.24. The Morgan fingerprint density at radius 2 is 0.882 bits per heavy atom. The summed E-state index contributed by atoms with van der Waals surface area (Å²) in [5.74, 6) is 0. The Labute approximate surface area is 122 Å². The van der Waals surface area contributed by atoms with Crippen LogP contribution in [0, 0.1) is 0 Å². The number of benzene rings is 2. The SMILES string of the molecule is Clc1cc[c]([Sn]([Cl])([Cl])[c]2ccc(Cl)cc2)cc1. The van der Waals surface area contributed by atoms with Crippen LogP contribution in [0.4, 0.5) is 0 Å². The minimum absolute atomic E-state index is 0.681. The van der Waals surface area contributed by atoms with Gasteiger partial charge in [-0.2, -0.15) is 0 Å². The summed E-state index contributed by atoms with van der Waals surface area (Å²) in [7, 11) is 13.2. The van der Waals surface area contributed by atoms with Crippen molar-refractivity contribution >= 4 is 64.3 Å². The number of halogens is 4. The molecule has 88 valence electrons. The van der Waals surface area contributed by atoms with Gasteiger partial charge in [0.25, 0.3) is 0 Å². The standard InChI is InChI=1S/2C6H4Cl.2ClH.Sn/c2*7-6-4-2-1-3-5-6;;;/h2*2-5H;2*1H;/q;;;;+2/p-2. The molecule has 0 saturated heterocycles. The van der Waals surface area contributed by atoms with Gasteiger partial charge in [0.05, 0.1) is 0 Å². The Kier molecular flexibility index (Phi) is 4.54. The van der Waals surface area contributed by atoms with Crippen LogP contribution in [0.3, 0.4) is 0 Å². The van der Waals surface area contributed by atoms with Crippen molar-refractivity contribution in [1.29, 1.82) is 0 Å². The first-order chi connectivity index (χ1) is 8.00. The molecule has 0 atom stereocenters. The monoisotopic (exact) mass is 412 g/mol. The summed E-state index contributed by atoms with van der Waals surface area (Å²) in [6, 6.07) is 14.8. The molecule has 0 bridgehead atoms. The molecule has 2 aromatic carbocycles. The molecular weight excluding hydrogens is 405 g/mol. The molecule has 0 saturated carbocycles. The molecule has 0 aliphatic rings. The van der Waals surface area contributed by atoms with Gasteiger partial charge in [-0.1, -0.05) is 0 Å². The Morgan fingerprint density at radius 1 is 0.588 bits per heavy atom. The first kappa shape index (κ1) is 13.8. The summed E-state index contributed by atoms with van der Waals surface area (Å²) < 4.78 is 1.96. The van der Waals surface area contributed by atoms with Gasteiger partial charge >= 0.3 is 123 Å². The quantitative estimate of drug-likeness (QED) is 0.654. The molecule has 0 amide bonds. The van der Waals surface area contributed by atoms with Gasteiger partial charge in [-0.25, -0.2) is 0 Å². The maximum absolute atomic E-state index is 6.58. The molecule has 0 heterocycles. The van der Waals surface area contributed by atoms with Crippen LogP contribution >= 0.6 is 41.0 Å². The third-order valence-electron chi connectivity index (χ3n) is 2.41. The first-order valence-electron chi connectivity index (χ1n) is 4.90. The van der Waals surface area contributed by atoms with Crippen molar-refractivity contribution in [2.45, 2.75) is 0 Å². The second-order valence-electron chi connectivity index (χ2n) is 3.59. The van der Waals surface area contributed by atoms with Gasteiger partial charge in [-0.15, -0.1) is 0 Å². The molecule has 2 rings (SSSR count). The molecule has 2 aromatic rings. The fourth-order valence-electron chi connectivity index (χ4n) is 1.49. The van der Waals surface area contributed by atoms with E-state index in [0.29, 0.717) is 10.0 Å². The third-order valence-corrected chi connectivity index (χ3v) is 14.8. The van der Waals surface area contributed by atoms with Crippen LogP contribution in [0.2, 0.25) is 10.0 Å². The number of hydrogen-bond donors (Lipinski definition) is 0. The van der Waals surface area contributed by atoms with Crippen LogP contribution in [-0.4, -0.2) is 16.1 Å². The molecule has 17 heavy (non-hydrogen) atoms. The fourth-order valence-corrected chi connectivity index (χ4v) is 9.41. The van der Waals surface area contributed by atoms with Gasteiger partial charge < -0.3 is 0 Å². The van der Waals surface area contributed by atoms with E-state index in [-0.39, 0.29) is 0 Å². The minimum atomic E-state index is -3.48. The van der Waals surface area contributed by atoms with E-state index in [9.17, 15) is 0 Å². The van der Waals surface area contributed by atoms with Crippen molar-refractivity contribution in [3.63, 3.8) is 0 Å². The van der Waals surface area contributed by atoms with Crippen molar-refractivity contribution in [3.8, 4) is 0 Å². The molecule has 0 aliphatic heterocycles. The Bertz CT molecular complexity index is 458. The Hall–Kier alpha value is 0.399. The van der Waals surface area contributed by atoms with E-state index >= 15 is 0 Å². The summed E-state index contributed by atoms with van der Waals surface area (Å²) in [4.78, 5) is 0. The summed E-state index contributed by atoms with van der Waals surface area (Å²) in [6.45, 7) is 0. The van der Waals surface area contributed by atoms with E-state index in [1.807, 2.05) is 48.5 Å². The average molecular weight is 413 g/mol. The molecule has 0 N–H and O–H groups in total. The molecule has 5 heteroatoms. The van der Waals surface area contributed by atoms with Crippen LogP contribution in [0.1, 0.15) is 0 Å². The van der Waals surface area contributed by atoms with Crippen LogP contribution in [0.15, 0.2) is 48.5 Å². The van der Waals surface area contributed by atoms with Gasteiger partial charge in [-0.05, 0) is 0 Å². The molecule has 0 unspecified atom stereocenters. The van der Waals surface area contributed by atoms with Crippen molar-refractivity contribution in [3.05, 3.63) is 58.6 Å². The van der Waals surface area contributed by atoms with Crippen molar-refractivity contribution in [2.75, 3.05) is 0 Å². The Morgan fingerprint density at radius 3 is 1.18 bits per heavy atom. The van der Waals surface area contributed by atoms with E-state index < -0.39 is 16.1 Å². The molecule has 0 aliphatic carbocycles. The van der Waals surface area contributed by atoms with Gasteiger partial charge in [-0.3, -0.25) is 0 Å². The van der Waals surface area contributed by atoms with Crippen LogP contribution in [-0.2, 0) is 0 Å². The van der Waals surface area contributed by atoms with Gasteiger partial charge in [0.15, 0.2) is 0 Å². The predicted octanol–water partition coefficient (Wildman–Crippen LogP) is 4.03. The van der Waals surface area contributed by atoms with Crippen molar-refractivity contribution in [1.82, 2.24) is 0 Å². The summed E-state index contributed by atoms with van der Waals surface area (Å²) in [6.07, 6.45) is 0. The Balaban J connectivity index is 2.41. The van der Waals surface area contributed by atoms with Gasteiger partial charge in [0.1, 0.15) is 0 Å². The first-order valence-corrected chi connectivity index (χ1v) is 15.7. The zero-order chi connectivity index (χ0) is 12.5. The average Bonchev–Trinajstić information content (AvgIpc) is 2.30. The summed E-state index contributed by atoms with van der Waals surface area (Å²) >= 11 is 8.22. The second kappa shape index (κ2) is 5.58. The van der Waals surface area contributed by atoms with Crippen molar-refractivity contribution < 1.29 is 0 Å². The van der Waals surface area contributed by atoms with Crippen LogP contribution < -0.4 is 7.16 Å². The summed E-state index contributed by atoms with van der Waals surface area (Å²) in [5, 5.41) is 1.36. The molecule has 0 nitrogen and oxygen atoms in total. The maximum atomic E-state index is 6.58. The van der Waals surface area contributed by atoms with E-state index in [0.717, 1.165) is 7.16 Å². The topological polar surface area (TPSA) is 0 Å². The molecule has 0 aromatic heterocycles. The second-order valence-corrected chi connectivity index (χ2v) is 19.9. The molecule has 0 fully saturated rings. The van der Waals surface area contributed by atoms with E-state index in [2.05, 4.69) is 0 Å². The van der Waals surface area contributed by atoms with Crippen molar-refractivity contribution in [2.24, 2.45) is 0 Å². The molecular formula is C12H8Cl4Sn. The molecule has 0 radical (unpaired) electrons. The van der Waals surface area contributed by atoms with E-state index in [1.54, 1.807) is 0 Å². The van der Waals surface area contributed by atoms with E-state index in [4.69, 9.17) is 41.0 Å². The zero-order valence-corrected chi connectivity index (χ0v) is 14.5. The normalized spacial score (nSPS) is 11.5. The van der Waals surface area contributed by atoms with Crippen LogP contribution in [0.5, 0.6) is 0 Å². The van der Waals surface area contributed by atoms with Gasteiger partial charge in [0.2, 0.25) is 0 Å². The zero-order valence-electron chi connectivity index (χ0n) is 8.63. The van der Waals surface area contributed by atoms with Gasteiger partial charge in [0, 0.05) is 0 Å².